The average Bonchev–Trinajstić information content (AvgIpc) is 2.45. The van der Waals surface area contributed by atoms with Crippen molar-refractivity contribution in [1.29, 1.82) is 0 Å². The summed E-state index contributed by atoms with van der Waals surface area (Å²) >= 11 is 6.10. The van der Waals surface area contributed by atoms with Gasteiger partial charge in [0.05, 0.1) is 6.54 Å². The number of amides is 2. The van der Waals surface area contributed by atoms with Crippen molar-refractivity contribution < 1.29 is 9.59 Å². The van der Waals surface area contributed by atoms with Crippen LogP contribution >= 0.6 is 11.6 Å². The number of rotatable bonds is 7. The quantitative estimate of drug-likeness (QED) is 0.717. The molecule has 0 heterocycles. The van der Waals surface area contributed by atoms with Crippen LogP contribution in [0.5, 0.6) is 0 Å². The van der Waals surface area contributed by atoms with Gasteiger partial charge >= 0.3 is 0 Å². The molecule has 0 saturated carbocycles. The Balaban J connectivity index is 2.43. The Labute approximate surface area is 130 Å². The SMILES string of the molecule is CCNC(=O)[C@H](C)NC(=O)CN[C@@H](C)c1ccccc1Cl. The van der Waals surface area contributed by atoms with Crippen LogP contribution in [0.1, 0.15) is 32.4 Å². The van der Waals surface area contributed by atoms with E-state index in [1.807, 2.05) is 38.1 Å². The van der Waals surface area contributed by atoms with E-state index in [2.05, 4.69) is 16.0 Å². The first kappa shape index (κ1) is 17.5. The summed E-state index contributed by atoms with van der Waals surface area (Å²) < 4.78 is 0. The van der Waals surface area contributed by atoms with Gasteiger partial charge in [-0.3, -0.25) is 9.59 Å². The minimum absolute atomic E-state index is 0.0516. The Bertz CT molecular complexity index is 494. The maximum atomic E-state index is 11.8. The second-order valence-electron chi connectivity index (χ2n) is 4.81. The van der Waals surface area contributed by atoms with Crippen LogP contribution in [-0.2, 0) is 9.59 Å². The lowest BCUT2D eigenvalue weighted by Gasteiger charge is -2.17. The Hall–Kier alpha value is -1.59. The van der Waals surface area contributed by atoms with Gasteiger partial charge in [-0.1, -0.05) is 29.8 Å². The van der Waals surface area contributed by atoms with E-state index in [0.717, 1.165) is 5.56 Å². The van der Waals surface area contributed by atoms with Crippen LogP contribution in [-0.4, -0.2) is 30.9 Å². The molecule has 0 aromatic heterocycles. The van der Waals surface area contributed by atoms with Gasteiger partial charge in [0.25, 0.3) is 0 Å². The number of hydrogen-bond donors (Lipinski definition) is 3. The number of hydrogen-bond acceptors (Lipinski definition) is 3. The molecule has 3 N–H and O–H groups in total. The number of nitrogens with one attached hydrogen (secondary N) is 3. The van der Waals surface area contributed by atoms with Crippen molar-refractivity contribution in [3.63, 3.8) is 0 Å². The lowest BCUT2D eigenvalue weighted by Crippen LogP contribution is -2.47. The van der Waals surface area contributed by atoms with Crippen LogP contribution in [0.15, 0.2) is 24.3 Å². The maximum Gasteiger partial charge on any atom is 0.242 e. The van der Waals surface area contributed by atoms with Gasteiger partial charge in [0.15, 0.2) is 0 Å². The van der Waals surface area contributed by atoms with Crippen LogP contribution < -0.4 is 16.0 Å². The fourth-order valence-electron chi connectivity index (χ4n) is 1.87. The molecule has 1 rings (SSSR count). The molecule has 0 aliphatic carbocycles. The molecule has 0 fully saturated rings. The molecule has 0 unspecified atom stereocenters. The maximum absolute atomic E-state index is 11.8. The number of carbonyl (C=O) groups excluding carboxylic acids is 2. The second-order valence-corrected chi connectivity index (χ2v) is 5.22. The molecular formula is C15H22ClN3O2. The molecule has 6 heteroatoms. The fraction of sp³-hybridized carbons (Fsp3) is 0.467. The Kier molecular flexibility index (Phi) is 7.19. The van der Waals surface area contributed by atoms with Crippen LogP contribution in [0.3, 0.4) is 0 Å². The fourth-order valence-corrected chi connectivity index (χ4v) is 2.17. The molecular weight excluding hydrogens is 290 g/mol. The first-order valence-electron chi connectivity index (χ1n) is 7.00. The van der Waals surface area contributed by atoms with Gasteiger partial charge in [-0.25, -0.2) is 0 Å². The van der Waals surface area contributed by atoms with Crippen molar-refractivity contribution in [2.75, 3.05) is 13.1 Å². The summed E-state index contributed by atoms with van der Waals surface area (Å²) in [4.78, 5) is 23.3. The van der Waals surface area contributed by atoms with Crippen LogP contribution in [0.4, 0.5) is 0 Å². The zero-order chi connectivity index (χ0) is 15.8. The van der Waals surface area contributed by atoms with Crippen molar-refractivity contribution in [2.24, 2.45) is 0 Å². The van der Waals surface area contributed by atoms with Gasteiger partial charge in [-0.15, -0.1) is 0 Å². The van der Waals surface area contributed by atoms with E-state index in [-0.39, 0.29) is 24.4 Å². The van der Waals surface area contributed by atoms with Gasteiger partial charge in [0.2, 0.25) is 11.8 Å². The standard InChI is InChI=1S/C15H22ClN3O2/c1-4-17-15(21)11(3)19-14(20)9-18-10(2)12-7-5-6-8-13(12)16/h5-8,10-11,18H,4,9H2,1-3H3,(H,17,21)(H,19,20)/t10-,11-/m0/s1. The van der Waals surface area contributed by atoms with E-state index in [1.165, 1.54) is 0 Å². The molecule has 2 amide bonds. The zero-order valence-electron chi connectivity index (χ0n) is 12.6. The topological polar surface area (TPSA) is 70.2 Å². The third kappa shape index (κ3) is 5.73. The summed E-state index contributed by atoms with van der Waals surface area (Å²) in [6, 6.07) is 6.89. The van der Waals surface area contributed by atoms with Gasteiger partial charge in [-0.05, 0) is 32.4 Å². The highest BCUT2D eigenvalue weighted by Gasteiger charge is 2.15. The normalized spacial score (nSPS) is 13.3. The number of carbonyl (C=O) groups is 2. The van der Waals surface area contributed by atoms with Crippen LogP contribution in [0.2, 0.25) is 5.02 Å². The van der Waals surface area contributed by atoms with Crippen LogP contribution in [0, 0.1) is 0 Å². The van der Waals surface area contributed by atoms with Crippen molar-refractivity contribution in [2.45, 2.75) is 32.9 Å². The highest BCUT2D eigenvalue weighted by molar-refractivity contribution is 6.31. The number of halogens is 1. The summed E-state index contributed by atoms with van der Waals surface area (Å²) in [5.74, 6) is -0.419. The Morgan fingerprint density at radius 1 is 1.24 bits per heavy atom. The molecule has 1 aromatic carbocycles. The van der Waals surface area contributed by atoms with Crippen molar-refractivity contribution >= 4 is 23.4 Å². The van der Waals surface area contributed by atoms with E-state index >= 15 is 0 Å². The average molecular weight is 312 g/mol. The van der Waals surface area contributed by atoms with E-state index in [1.54, 1.807) is 6.92 Å². The molecule has 0 aliphatic heterocycles. The summed E-state index contributed by atoms with van der Waals surface area (Å²) in [5.41, 5.74) is 0.934. The predicted octanol–water partition coefficient (Wildman–Crippen LogP) is 1.63. The predicted molar refractivity (Wildman–Crippen MR) is 84.2 cm³/mol. The highest BCUT2D eigenvalue weighted by Crippen LogP contribution is 2.21. The van der Waals surface area contributed by atoms with Crippen molar-refractivity contribution in [1.82, 2.24) is 16.0 Å². The Morgan fingerprint density at radius 2 is 1.90 bits per heavy atom. The molecule has 0 aliphatic rings. The molecule has 5 nitrogen and oxygen atoms in total. The first-order valence-corrected chi connectivity index (χ1v) is 7.38. The van der Waals surface area contributed by atoms with Crippen LogP contribution in [0.25, 0.3) is 0 Å². The smallest absolute Gasteiger partial charge is 0.242 e. The molecule has 0 bridgehead atoms. The summed E-state index contributed by atoms with van der Waals surface area (Å²) in [7, 11) is 0. The molecule has 21 heavy (non-hydrogen) atoms. The van der Waals surface area contributed by atoms with Gasteiger partial charge < -0.3 is 16.0 Å². The lowest BCUT2D eigenvalue weighted by atomic mass is 10.1. The molecule has 0 spiro atoms. The minimum atomic E-state index is -0.546. The monoisotopic (exact) mass is 311 g/mol. The number of benzene rings is 1. The molecule has 2 atom stereocenters. The molecule has 0 saturated heterocycles. The number of likely N-dealkylation sites (N-methyl/N-ethyl adjacent to an activating group) is 1. The van der Waals surface area contributed by atoms with Crippen molar-refractivity contribution in [3.05, 3.63) is 34.9 Å². The summed E-state index contributed by atoms with van der Waals surface area (Å²) in [5, 5.41) is 9.05. The van der Waals surface area contributed by atoms with Gasteiger partial charge in [0, 0.05) is 17.6 Å². The molecule has 1 aromatic rings. The Morgan fingerprint density at radius 3 is 2.52 bits per heavy atom. The summed E-state index contributed by atoms with van der Waals surface area (Å²) in [6.07, 6.45) is 0. The van der Waals surface area contributed by atoms with E-state index in [0.29, 0.717) is 11.6 Å². The van der Waals surface area contributed by atoms with E-state index in [9.17, 15) is 9.59 Å². The zero-order valence-corrected chi connectivity index (χ0v) is 13.3. The third-order valence-electron chi connectivity index (χ3n) is 3.06. The molecule has 116 valence electrons. The molecule has 0 radical (unpaired) electrons. The highest BCUT2D eigenvalue weighted by atomic mass is 35.5. The largest absolute Gasteiger partial charge is 0.355 e. The lowest BCUT2D eigenvalue weighted by molar-refractivity contribution is -0.128. The third-order valence-corrected chi connectivity index (χ3v) is 3.41. The van der Waals surface area contributed by atoms with Crippen molar-refractivity contribution in [3.8, 4) is 0 Å². The van der Waals surface area contributed by atoms with E-state index < -0.39 is 6.04 Å². The first-order chi connectivity index (χ1) is 9.95. The minimum Gasteiger partial charge on any atom is -0.355 e. The van der Waals surface area contributed by atoms with Gasteiger partial charge in [0.1, 0.15) is 6.04 Å². The van der Waals surface area contributed by atoms with E-state index in [4.69, 9.17) is 11.6 Å². The van der Waals surface area contributed by atoms with Gasteiger partial charge in [-0.2, -0.15) is 0 Å². The summed E-state index contributed by atoms with van der Waals surface area (Å²) in [6.45, 7) is 6.08. The second kappa shape index (κ2) is 8.64.